The number of rotatable bonds is 2. The van der Waals surface area contributed by atoms with Crippen LogP contribution in [0.3, 0.4) is 0 Å². The number of hydrogen-bond acceptors (Lipinski definition) is 4. The fourth-order valence-electron chi connectivity index (χ4n) is 3.54. The average Bonchev–Trinajstić information content (AvgIpc) is 3.12. The van der Waals surface area contributed by atoms with Gasteiger partial charge in [-0.1, -0.05) is 6.92 Å². The Morgan fingerprint density at radius 1 is 1.22 bits per heavy atom. The molecule has 1 aromatic heterocycles. The zero-order valence-electron chi connectivity index (χ0n) is 13.4. The Bertz CT molecular complexity index is 623. The molecule has 124 valence electrons. The molecule has 7 nitrogen and oxygen atoms in total. The highest BCUT2D eigenvalue weighted by Crippen LogP contribution is 2.40. The van der Waals surface area contributed by atoms with Crippen molar-refractivity contribution in [2.75, 3.05) is 32.8 Å². The number of amides is 2. The summed E-state index contributed by atoms with van der Waals surface area (Å²) in [4.78, 5) is 29.2. The summed E-state index contributed by atoms with van der Waals surface area (Å²) in [6, 6.07) is 1.49. The van der Waals surface area contributed by atoms with E-state index >= 15 is 0 Å². The summed E-state index contributed by atoms with van der Waals surface area (Å²) in [7, 11) is 0. The molecule has 3 heterocycles. The number of hydrogen-bond donors (Lipinski definition) is 0. The number of carbonyl (C=O) groups is 2. The van der Waals surface area contributed by atoms with E-state index in [4.69, 9.17) is 4.74 Å². The Hall–Kier alpha value is -1.89. The van der Waals surface area contributed by atoms with Crippen molar-refractivity contribution in [3.63, 3.8) is 0 Å². The van der Waals surface area contributed by atoms with Crippen LogP contribution in [0.4, 0.5) is 0 Å². The van der Waals surface area contributed by atoms with Gasteiger partial charge in [-0.05, 0) is 18.4 Å². The third kappa shape index (κ3) is 2.63. The molecule has 23 heavy (non-hydrogen) atoms. The van der Waals surface area contributed by atoms with E-state index in [1.54, 1.807) is 10.9 Å². The van der Waals surface area contributed by atoms with Gasteiger partial charge in [0.05, 0.1) is 32.0 Å². The lowest BCUT2D eigenvalue weighted by Crippen LogP contribution is -2.51. The fraction of sp³-hybridized carbons (Fsp3) is 0.688. The van der Waals surface area contributed by atoms with Crippen LogP contribution < -0.4 is 0 Å². The topological polar surface area (TPSA) is 67.7 Å². The maximum absolute atomic E-state index is 12.9. The molecule has 0 bridgehead atoms. The van der Waals surface area contributed by atoms with Crippen LogP contribution in [0.1, 0.15) is 25.1 Å². The molecule has 0 spiro atoms. The largest absolute Gasteiger partial charge is 0.378 e. The second kappa shape index (κ2) is 5.63. The molecule has 0 radical (unpaired) electrons. The highest BCUT2D eigenvalue weighted by atomic mass is 16.5. The molecular weight excluding hydrogens is 296 g/mol. The van der Waals surface area contributed by atoms with Crippen LogP contribution in [0.2, 0.25) is 0 Å². The van der Waals surface area contributed by atoms with E-state index in [2.05, 4.69) is 12.0 Å². The summed E-state index contributed by atoms with van der Waals surface area (Å²) in [6.07, 6.45) is 2.68. The highest BCUT2D eigenvalue weighted by Gasteiger charge is 2.44. The van der Waals surface area contributed by atoms with Gasteiger partial charge in [-0.15, -0.1) is 0 Å². The molecule has 3 atom stereocenters. The van der Waals surface area contributed by atoms with Gasteiger partial charge in [0.25, 0.3) is 0 Å². The minimum absolute atomic E-state index is 0.0413. The molecule has 1 aromatic rings. The predicted octanol–water partition coefficient (Wildman–Crippen LogP) is 0.281. The van der Waals surface area contributed by atoms with E-state index in [-0.39, 0.29) is 17.7 Å². The number of ether oxygens (including phenoxy) is 1. The molecule has 0 aromatic carbocycles. The molecule has 1 saturated carbocycles. The van der Waals surface area contributed by atoms with Crippen molar-refractivity contribution in [3.05, 3.63) is 18.0 Å². The molecular formula is C16H22N4O3. The molecule has 3 aliphatic rings. The SMILES string of the molecule is C[C@@H]1C[C@@H]1C(=O)N1Cc2ccnn2[C@@H](C(=O)N2CCOCC2)C1. The second-order valence-corrected chi connectivity index (χ2v) is 6.76. The molecule has 1 saturated heterocycles. The van der Waals surface area contributed by atoms with E-state index < -0.39 is 6.04 Å². The van der Waals surface area contributed by atoms with Gasteiger partial charge in [0.1, 0.15) is 6.04 Å². The molecule has 2 amide bonds. The van der Waals surface area contributed by atoms with Crippen LogP contribution in [0, 0.1) is 11.8 Å². The van der Waals surface area contributed by atoms with Crippen LogP contribution in [0.15, 0.2) is 12.3 Å². The number of fused-ring (bicyclic) bond motifs is 1. The summed E-state index contributed by atoms with van der Waals surface area (Å²) >= 11 is 0. The summed E-state index contributed by atoms with van der Waals surface area (Å²) < 4.78 is 7.11. The van der Waals surface area contributed by atoms with Gasteiger partial charge in [0.2, 0.25) is 11.8 Å². The lowest BCUT2D eigenvalue weighted by atomic mass is 10.1. The quantitative estimate of drug-likeness (QED) is 0.785. The molecule has 0 N–H and O–H groups in total. The van der Waals surface area contributed by atoms with Crippen molar-refractivity contribution in [3.8, 4) is 0 Å². The first kappa shape index (κ1) is 14.7. The Morgan fingerprint density at radius 2 is 1.96 bits per heavy atom. The highest BCUT2D eigenvalue weighted by molar-refractivity contribution is 5.85. The number of morpholine rings is 1. The first-order valence-electron chi connectivity index (χ1n) is 8.33. The lowest BCUT2D eigenvalue weighted by Gasteiger charge is -2.37. The van der Waals surface area contributed by atoms with Crippen molar-refractivity contribution in [2.24, 2.45) is 11.8 Å². The van der Waals surface area contributed by atoms with E-state index in [0.29, 0.717) is 45.3 Å². The number of carbonyl (C=O) groups excluding carboxylic acids is 2. The van der Waals surface area contributed by atoms with E-state index in [0.717, 1.165) is 12.1 Å². The standard InChI is InChI=1S/C16H22N4O3/c1-11-8-13(11)15(21)19-9-12-2-3-17-20(12)14(10-19)16(22)18-4-6-23-7-5-18/h2-3,11,13-14H,4-10H2,1H3/t11-,13+,14-/m1/s1. The summed E-state index contributed by atoms with van der Waals surface area (Å²) in [5.41, 5.74) is 0.935. The van der Waals surface area contributed by atoms with Gasteiger partial charge in [-0.25, -0.2) is 0 Å². The van der Waals surface area contributed by atoms with Crippen LogP contribution in [-0.2, 0) is 20.9 Å². The van der Waals surface area contributed by atoms with Gasteiger partial charge < -0.3 is 14.5 Å². The van der Waals surface area contributed by atoms with Gasteiger partial charge in [0, 0.05) is 25.2 Å². The maximum atomic E-state index is 12.9. The predicted molar refractivity (Wildman–Crippen MR) is 81.4 cm³/mol. The van der Waals surface area contributed by atoms with Gasteiger partial charge in [-0.2, -0.15) is 5.10 Å². The molecule has 7 heteroatoms. The molecule has 4 rings (SSSR count). The van der Waals surface area contributed by atoms with Gasteiger partial charge >= 0.3 is 0 Å². The van der Waals surface area contributed by atoms with Crippen molar-refractivity contribution in [1.82, 2.24) is 19.6 Å². The van der Waals surface area contributed by atoms with Crippen LogP contribution in [0.25, 0.3) is 0 Å². The Kier molecular flexibility index (Phi) is 3.60. The zero-order valence-corrected chi connectivity index (χ0v) is 13.4. The van der Waals surface area contributed by atoms with Crippen molar-refractivity contribution >= 4 is 11.8 Å². The van der Waals surface area contributed by atoms with Crippen LogP contribution in [-0.4, -0.2) is 64.2 Å². The first-order chi connectivity index (χ1) is 11.1. The first-order valence-corrected chi connectivity index (χ1v) is 8.33. The van der Waals surface area contributed by atoms with Crippen LogP contribution >= 0.6 is 0 Å². The van der Waals surface area contributed by atoms with Gasteiger partial charge in [-0.3, -0.25) is 14.3 Å². The smallest absolute Gasteiger partial charge is 0.249 e. The third-order valence-corrected chi connectivity index (χ3v) is 5.14. The Labute approximate surface area is 135 Å². The van der Waals surface area contributed by atoms with Crippen molar-refractivity contribution in [1.29, 1.82) is 0 Å². The van der Waals surface area contributed by atoms with E-state index in [1.165, 1.54) is 0 Å². The minimum atomic E-state index is -0.412. The summed E-state index contributed by atoms with van der Waals surface area (Å²) in [6.45, 7) is 5.45. The normalized spacial score (nSPS) is 30.0. The van der Waals surface area contributed by atoms with E-state index in [1.807, 2.05) is 15.9 Å². The molecule has 2 aliphatic heterocycles. The number of nitrogens with zero attached hydrogens (tertiary/aromatic N) is 4. The average molecular weight is 318 g/mol. The Balaban J connectivity index is 1.55. The summed E-state index contributed by atoms with van der Waals surface area (Å²) in [5, 5.41) is 4.32. The zero-order chi connectivity index (χ0) is 16.0. The van der Waals surface area contributed by atoms with Gasteiger partial charge in [0.15, 0.2) is 0 Å². The molecule has 1 aliphatic carbocycles. The molecule has 2 fully saturated rings. The monoisotopic (exact) mass is 318 g/mol. The van der Waals surface area contributed by atoms with Crippen LogP contribution in [0.5, 0.6) is 0 Å². The fourth-order valence-corrected chi connectivity index (χ4v) is 3.54. The Morgan fingerprint density at radius 3 is 2.65 bits per heavy atom. The summed E-state index contributed by atoms with van der Waals surface area (Å²) in [5.74, 6) is 0.843. The second-order valence-electron chi connectivity index (χ2n) is 6.76. The lowest BCUT2D eigenvalue weighted by molar-refractivity contribution is -0.143. The third-order valence-electron chi connectivity index (χ3n) is 5.14. The van der Waals surface area contributed by atoms with E-state index in [9.17, 15) is 9.59 Å². The number of aromatic nitrogens is 2. The van der Waals surface area contributed by atoms with Crippen molar-refractivity contribution in [2.45, 2.75) is 25.9 Å². The molecule has 0 unspecified atom stereocenters. The van der Waals surface area contributed by atoms with Crippen molar-refractivity contribution < 1.29 is 14.3 Å². The minimum Gasteiger partial charge on any atom is -0.378 e. The maximum Gasteiger partial charge on any atom is 0.249 e.